The molecule has 13 aromatic rings. The molecule has 4 nitrogen and oxygen atoms in total. The molecule has 0 fully saturated rings. The summed E-state index contributed by atoms with van der Waals surface area (Å²) < 4.78 is 4.88. The van der Waals surface area contributed by atoms with Gasteiger partial charge in [0.2, 0.25) is 0 Å². The molecule has 14 rings (SSSR count). The number of hydrogen-bond donors (Lipinski definition) is 0. The molecule has 0 amide bonds. The van der Waals surface area contributed by atoms with Gasteiger partial charge in [-0.2, -0.15) is 0 Å². The third kappa shape index (κ3) is 5.14. The molecule has 1 aliphatic rings. The predicted molar refractivity (Wildman–Crippen MR) is 272 cm³/mol. The fourth-order valence-electron chi connectivity index (χ4n) is 11.4. The summed E-state index contributed by atoms with van der Waals surface area (Å²) in [4.78, 5) is 10.8. The van der Waals surface area contributed by atoms with Gasteiger partial charge in [0, 0.05) is 54.5 Å². The van der Waals surface area contributed by atoms with E-state index < -0.39 is 0 Å². The van der Waals surface area contributed by atoms with Gasteiger partial charge < -0.3 is 9.13 Å². The zero-order valence-electron chi connectivity index (χ0n) is 35.9. The van der Waals surface area contributed by atoms with Crippen LogP contribution in [0, 0.1) is 0 Å². The second-order valence-corrected chi connectivity index (χ2v) is 18.2. The standard InChI is InChI=1S/C61H40N4/c1-61(2)51-27-9-5-21-42(51)45-25-15-26-47(58(45)61)59-46-24-6-10-28-52(46)62-60(63-59)40-19-13-20-41(32-40)64-53-29-11-7-23-44(53)50-36-48-39(35-56(50)64)18-14-31-55(48)65-54-30-12-8-22-43(54)49-33-37-16-3-4-17-38(37)34-57(49)65/h3-36H,1-2H3. The summed E-state index contributed by atoms with van der Waals surface area (Å²) in [5.41, 5.74) is 16.0. The van der Waals surface area contributed by atoms with Gasteiger partial charge in [-0.1, -0.05) is 159 Å². The van der Waals surface area contributed by atoms with Crippen molar-refractivity contribution in [2.24, 2.45) is 0 Å². The van der Waals surface area contributed by atoms with Crippen LogP contribution in [-0.2, 0) is 5.41 Å². The predicted octanol–water partition coefficient (Wildman–Crippen LogP) is 15.8. The van der Waals surface area contributed by atoms with E-state index in [4.69, 9.17) is 9.97 Å². The number of nitrogens with zero attached hydrogens (tertiary/aromatic N) is 4. The van der Waals surface area contributed by atoms with Crippen LogP contribution >= 0.6 is 0 Å². The molecule has 0 spiro atoms. The number of benzene rings is 10. The number of aromatic nitrogens is 4. The van der Waals surface area contributed by atoms with Gasteiger partial charge in [0.1, 0.15) is 0 Å². The maximum Gasteiger partial charge on any atom is 0.160 e. The van der Waals surface area contributed by atoms with Crippen LogP contribution in [0.15, 0.2) is 206 Å². The quantitative estimate of drug-likeness (QED) is 0.177. The maximum atomic E-state index is 5.51. The Morgan fingerprint density at radius 1 is 0.385 bits per heavy atom. The molecule has 0 radical (unpaired) electrons. The summed E-state index contributed by atoms with van der Waals surface area (Å²) >= 11 is 0. The second kappa shape index (κ2) is 13.3. The SMILES string of the molecule is CC1(C)c2ccccc2-c2cccc(-c3nc(-c4cccc(-n5c6ccccc6c6cc7c(-n8c9ccccc9c9cc%10ccccc%10cc98)cccc7cc65)c4)nc4ccccc34)c21. The van der Waals surface area contributed by atoms with Gasteiger partial charge in [-0.25, -0.2) is 9.97 Å². The fraction of sp³-hybridized carbons (Fsp3) is 0.0492. The van der Waals surface area contributed by atoms with Crippen LogP contribution < -0.4 is 0 Å². The molecule has 1 aliphatic carbocycles. The van der Waals surface area contributed by atoms with Crippen molar-refractivity contribution in [3.63, 3.8) is 0 Å². The van der Waals surface area contributed by atoms with Crippen LogP contribution in [0.1, 0.15) is 25.0 Å². The molecule has 0 aliphatic heterocycles. The number of para-hydroxylation sites is 3. The molecular formula is C61H40N4. The van der Waals surface area contributed by atoms with Crippen molar-refractivity contribution < 1.29 is 0 Å². The molecule has 304 valence electrons. The maximum absolute atomic E-state index is 5.51. The molecule has 3 aromatic heterocycles. The van der Waals surface area contributed by atoms with E-state index in [0.717, 1.165) is 44.4 Å². The van der Waals surface area contributed by atoms with E-state index in [1.54, 1.807) is 0 Å². The summed E-state index contributed by atoms with van der Waals surface area (Å²) in [6.07, 6.45) is 0. The smallest absolute Gasteiger partial charge is 0.160 e. The highest BCUT2D eigenvalue weighted by Crippen LogP contribution is 2.52. The fourth-order valence-corrected chi connectivity index (χ4v) is 11.4. The van der Waals surface area contributed by atoms with Gasteiger partial charge in [0.05, 0.1) is 39.0 Å². The average molecular weight is 829 g/mol. The highest BCUT2D eigenvalue weighted by atomic mass is 15.0. The van der Waals surface area contributed by atoms with Gasteiger partial charge in [-0.05, 0) is 99.1 Å². The monoisotopic (exact) mass is 828 g/mol. The first kappa shape index (κ1) is 36.2. The highest BCUT2D eigenvalue weighted by Gasteiger charge is 2.38. The first-order valence-electron chi connectivity index (χ1n) is 22.5. The van der Waals surface area contributed by atoms with Crippen molar-refractivity contribution in [2.45, 2.75) is 19.3 Å². The Kier molecular flexibility index (Phi) is 7.42. The Balaban J connectivity index is 0.962. The molecule has 0 bridgehead atoms. The molecule has 65 heavy (non-hydrogen) atoms. The van der Waals surface area contributed by atoms with Crippen LogP contribution in [0.3, 0.4) is 0 Å². The number of hydrogen-bond acceptors (Lipinski definition) is 2. The molecule has 0 N–H and O–H groups in total. The van der Waals surface area contributed by atoms with E-state index in [-0.39, 0.29) is 5.41 Å². The van der Waals surface area contributed by atoms with Crippen LogP contribution in [-0.4, -0.2) is 19.1 Å². The Labute approximate surface area is 375 Å². The topological polar surface area (TPSA) is 35.6 Å². The molecule has 0 saturated heterocycles. The van der Waals surface area contributed by atoms with Crippen LogP contribution in [0.25, 0.3) is 121 Å². The second-order valence-electron chi connectivity index (χ2n) is 18.2. The summed E-state index contributed by atoms with van der Waals surface area (Å²) in [5.74, 6) is 0.710. The van der Waals surface area contributed by atoms with E-state index in [1.807, 2.05) is 0 Å². The van der Waals surface area contributed by atoms with Gasteiger partial charge in [-0.15, -0.1) is 0 Å². The molecule has 0 unspecified atom stereocenters. The van der Waals surface area contributed by atoms with Gasteiger partial charge in [0.25, 0.3) is 0 Å². The van der Waals surface area contributed by atoms with Crippen molar-refractivity contribution in [3.8, 4) is 45.1 Å². The third-order valence-electron chi connectivity index (χ3n) is 14.2. The molecule has 10 aromatic carbocycles. The molecule has 3 heterocycles. The zero-order valence-corrected chi connectivity index (χ0v) is 35.9. The summed E-state index contributed by atoms with van der Waals surface area (Å²) in [7, 11) is 0. The Bertz CT molecular complexity index is 4160. The van der Waals surface area contributed by atoms with Crippen molar-refractivity contribution in [1.29, 1.82) is 0 Å². The van der Waals surface area contributed by atoms with Crippen LogP contribution in [0.4, 0.5) is 0 Å². The average Bonchev–Trinajstić information content (AvgIpc) is 3.94. The first-order chi connectivity index (χ1) is 32.0. The minimum Gasteiger partial charge on any atom is -0.309 e. The van der Waals surface area contributed by atoms with Crippen molar-refractivity contribution in [2.75, 3.05) is 0 Å². The lowest BCUT2D eigenvalue weighted by Crippen LogP contribution is -2.16. The van der Waals surface area contributed by atoms with Gasteiger partial charge >= 0.3 is 0 Å². The van der Waals surface area contributed by atoms with Crippen LogP contribution in [0.5, 0.6) is 0 Å². The zero-order chi connectivity index (χ0) is 43.0. The minimum absolute atomic E-state index is 0.186. The van der Waals surface area contributed by atoms with Crippen molar-refractivity contribution in [1.82, 2.24) is 19.1 Å². The molecular weight excluding hydrogens is 789 g/mol. The molecule has 0 saturated carbocycles. The van der Waals surface area contributed by atoms with E-state index in [0.29, 0.717) is 5.82 Å². The third-order valence-corrected chi connectivity index (χ3v) is 14.2. The lowest BCUT2D eigenvalue weighted by Gasteiger charge is -2.24. The van der Waals surface area contributed by atoms with E-state index in [9.17, 15) is 0 Å². The Morgan fingerprint density at radius 2 is 0.985 bits per heavy atom. The molecule has 0 atom stereocenters. The number of fused-ring (bicyclic) bond motifs is 12. The van der Waals surface area contributed by atoms with Crippen LogP contribution in [0.2, 0.25) is 0 Å². The van der Waals surface area contributed by atoms with Crippen molar-refractivity contribution >= 4 is 76.1 Å². The minimum atomic E-state index is -0.186. The number of rotatable bonds is 4. The summed E-state index contributed by atoms with van der Waals surface area (Å²) in [6.45, 7) is 4.69. The van der Waals surface area contributed by atoms with E-state index >= 15 is 0 Å². The largest absolute Gasteiger partial charge is 0.309 e. The Morgan fingerprint density at radius 3 is 1.83 bits per heavy atom. The van der Waals surface area contributed by atoms with Gasteiger partial charge in [-0.3, -0.25) is 0 Å². The van der Waals surface area contributed by atoms with Gasteiger partial charge in [0.15, 0.2) is 5.82 Å². The lowest BCUT2D eigenvalue weighted by atomic mass is 9.79. The summed E-state index contributed by atoms with van der Waals surface area (Å²) in [5, 5.41) is 10.9. The normalized spacial score (nSPS) is 13.2. The van der Waals surface area contributed by atoms with E-state index in [1.165, 1.54) is 82.1 Å². The summed E-state index contributed by atoms with van der Waals surface area (Å²) in [6, 6.07) is 75.3. The first-order valence-corrected chi connectivity index (χ1v) is 22.5. The van der Waals surface area contributed by atoms with Crippen molar-refractivity contribution in [3.05, 3.63) is 217 Å². The highest BCUT2D eigenvalue weighted by molar-refractivity contribution is 6.17. The Hall–Kier alpha value is -8.34. The lowest BCUT2D eigenvalue weighted by molar-refractivity contribution is 0.662. The van der Waals surface area contributed by atoms with E-state index in [2.05, 4.69) is 229 Å². The molecule has 4 heteroatoms.